The van der Waals surface area contributed by atoms with Crippen LogP contribution in [0.5, 0.6) is 0 Å². The summed E-state index contributed by atoms with van der Waals surface area (Å²) in [6.07, 6.45) is 0. The molecule has 1 N–H and O–H groups in total. The number of thiazole rings is 1. The van der Waals surface area contributed by atoms with Gasteiger partial charge in [0.25, 0.3) is 0 Å². The van der Waals surface area contributed by atoms with E-state index in [1.54, 1.807) is 0 Å². The number of aromatic nitrogens is 4. The average Bonchev–Trinajstić information content (AvgIpc) is 3.05. The first kappa shape index (κ1) is 12.5. The van der Waals surface area contributed by atoms with Gasteiger partial charge in [-0.2, -0.15) is 4.68 Å². The van der Waals surface area contributed by atoms with Crippen LogP contribution in [0.2, 0.25) is 0 Å². The number of carboxylic acids is 1. The molecular weight excluding hydrogens is 276 g/mol. The topological polar surface area (TPSA) is 80.9 Å². The van der Waals surface area contributed by atoms with Gasteiger partial charge in [0.1, 0.15) is 5.69 Å². The molecule has 0 bridgehead atoms. The van der Waals surface area contributed by atoms with E-state index in [2.05, 4.69) is 15.3 Å². The molecule has 6 nitrogen and oxygen atoms in total. The van der Waals surface area contributed by atoms with E-state index in [1.807, 2.05) is 42.6 Å². The van der Waals surface area contributed by atoms with Crippen LogP contribution in [0.25, 0.3) is 16.4 Å². The predicted molar refractivity (Wildman–Crippen MR) is 74.2 cm³/mol. The van der Waals surface area contributed by atoms with Gasteiger partial charge >= 0.3 is 5.97 Å². The number of aromatic carboxylic acids is 1. The number of aryl methyl sites for hydroxylation is 1. The summed E-state index contributed by atoms with van der Waals surface area (Å²) < 4.78 is 1.47. The van der Waals surface area contributed by atoms with Crippen LogP contribution in [0.1, 0.15) is 16.2 Å². The molecule has 0 aliphatic heterocycles. The number of hydrogen-bond acceptors (Lipinski definition) is 5. The highest BCUT2D eigenvalue weighted by Crippen LogP contribution is 2.26. The van der Waals surface area contributed by atoms with Gasteiger partial charge in [0.2, 0.25) is 5.13 Å². The van der Waals surface area contributed by atoms with Gasteiger partial charge in [0.05, 0.1) is 5.69 Å². The largest absolute Gasteiger partial charge is 0.476 e. The van der Waals surface area contributed by atoms with Crippen LogP contribution in [0.3, 0.4) is 0 Å². The van der Waals surface area contributed by atoms with E-state index in [9.17, 15) is 9.90 Å². The first-order valence-electron chi connectivity index (χ1n) is 5.83. The molecule has 0 radical (unpaired) electrons. The molecule has 2 aromatic heterocycles. The molecule has 0 aliphatic carbocycles. The Morgan fingerprint density at radius 1 is 1.30 bits per heavy atom. The standard InChI is InChI=1S/C13H10N4O2S/c1-8-7-20-13(14-8)17-11(9-5-3-2-4-6-9)10(12(18)19)15-16-17/h2-7H,1H3,(H,18,19). The molecule has 3 rings (SSSR count). The Morgan fingerprint density at radius 3 is 2.65 bits per heavy atom. The summed E-state index contributed by atoms with van der Waals surface area (Å²) in [5, 5.41) is 19.4. The highest BCUT2D eigenvalue weighted by atomic mass is 32.1. The molecule has 0 amide bonds. The van der Waals surface area contributed by atoms with Crippen molar-refractivity contribution >= 4 is 17.3 Å². The van der Waals surface area contributed by atoms with E-state index in [0.717, 1.165) is 11.3 Å². The lowest BCUT2D eigenvalue weighted by atomic mass is 10.1. The third-order valence-corrected chi connectivity index (χ3v) is 3.64. The maximum atomic E-state index is 11.3. The molecule has 0 fully saturated rings. The van der Waals surface area contributed by atoms with Crippen LogP contribution in [-0.4, -0.2) is 31.1 Å². The van der Waals surface area contributed by atoms with Crippen LogP contribution >= 0.6 is 11.3 Å². The second-order valence-corrected chi connectivity index (χ2v) is 4.98. The summed E-state index contributed by atoms with van der Waals surface area (Å²) in [5.74, 6) is -1.11. The lowest BCUT2D eigenvalue weighted by Gasteiger charge is -2.03. The molecule has 1 aromatic carbocycles. The SMILES string of the molecule is Cc1csc(-n2nnc(C(=O)O)c2-c2ccccc2)n1. The molecule has 0 saturated heterocycles. The van der Waals surface area contributed by atoms with Crippen molar-refractivity contribution in [3.05, 3.63) is 47.1 Å². The van der Waals surface area contributed by atoms with Crippen LogP contribution in [0.15, 0.2) is 35.7 Å². The van der Waals surface area contributed by atoms with Gasteiger partial charge in [-0.1, -0.05) is 35.5 Å². The summed E-state index contributed by atoms with van der Waals surface area (Å²) in [6.45, 7) is 1.87. The van der Waals surface area contributed by atoms with E-state index in [-0.39, 0.29) is 5.69 Å². The van der Waals surface area contributed by atoms with Gasteiger partial charge in [-0.15, -0.1) is 16.4 Å². The molecule has 100 valence electrons. The molecule has 0 atom stereocenters. The van der Waals surface area contributed by atoms with E-state index in [1.165, 1.54) is 16.0 Å². The molecule has 0 spiro atoms. The maximum Gasteiger partial charge on any atom is 0.358 e. The van der Waals surface area contributed by atoms with E-state index in [0.29, 0.717) is 10.8 Å². The summed E-state index contributed by atoms with van der Waals surface area (Å²) in [4.78, 5) is 15.6. The van der Waals surface area contributed by atoms with E-state index in [4.69, 9.17) is 0 Å². The minimum atomic E-state index is -1.11. The zero-order chi connectivity index (χ0) is 14.1. The van der Waals surface area contributed by atoms with Crippen molar-refractivity contribution in [2.75, 3.05) is 0 Å². The van der Waals surface area contributed by atoms with Gasteiger partial charge in [-0.25, -0.2) is 9.78 Å². The number of hydrogen-bond donors (Lipinski definition) is 1. The first-order valence-corrected chi connectivity index (χ1v) is 6.71. The first-order chi connectivity index (χ1) is 9.66. The Morgan fingerprint density at radius 2 is 2.05 bits per heavy atom. The maximum absolute atomic E-state index is 11.3. The summed E-state index contributed by atoms with van der Waals surface area (Å²) in [5.41, 5.74) is 1.95. The smallest absolute Gasteiger partial charge is 0.358 e. The highest BCUT2D eigenvalue weighted by Gasteiger charge is 2.22. The highest BCUT2D eigenvalue weighted by molar-refractivity contribution is 7.12. The van der Waals surface area contributed by atoms with Gasteiger partial charge in [0.15, 0.2) is 5.69 Å². The van der Waals surface area contributed by atoms with Crippen molar-refractivity contribution in [2.45, 2.75) is 6.92 Å². The summed E-state index contributed by atoms with van der Waals surface area (Å²) in [6, 6.07) is 9.19. The zero-order valence-corrected chi connectivity index (χ0v) is 11.3. The molecule has 2 heterocycles. The van der Waals surface area contributed by atoms with Crippen LogP contribution in [0, 0.1) is 6.92 Å². The predicted octanol–water partition coefficient (Wildman–Crippen LogP) is 2.40. The summed E-state index contributed by atoms with van der Waals surface area (Å²) >= 11 is 1.39. The van der Waals surface area contributed by atoms with Crippen LogP contribution in [-0.2, 0) is 0 Å². The lowest BCUT2D eigenvalue weighted by Crippen LogP contribution is -2.03. The monoisotopic (exact) mass is 286 g/mol. The average molecular weight is 286 g/mol. The Hall–Kier alpha value is -2.54. The fourth-order valence-electron chi connectivity index (χ4n) is 1.85. The van der Waals surface area contributed by atoms with Gasteiger partial charge in [0, 0.05) is 10.9 Å². The third-order valence-electron chi connectivity index (χ3n) is 2.71. The quantitative estimate of drug-likeness (QED) is 0.799. The second-order valence-electron chi connectivity index (χ2n) is 4.14. The number of carbonyl (C=O) groups is 1. The van der Waals surface area contributed by atoms with Crippen molar-refractivity contribution in [2.24, 2.45) is 0 Å². The Balaban J connectivity index is 2.24. The minimum absolute atomic E-state index is 0.0796. The van der Waals surface area contributed by atoms with Crippen molar-refractivity contribution in [1.82, 2.24) is 20.0 Å². The third kappa shape index (κ3) is 2.08. The number of nitrogens with zero attached hydrogens (tertiary/aromatic N) is 4. The zero-order valence-electron chi connectivity index (χ0n) is 10.5. The summed E-state index contributed by atoms with van der Waals surface area (Å²) in [7, 11) is 0. The van der Waals surface area contributed by atoms with E-state index < -0.39 is 5.97 Å². The number of carboxylic acid groups (broad SMARTS) is 1. The Labute approximate surface area is 118 Å². The molecule has 0 saturated carbocycles. The van der Waals surface area contributed by atoms with Gasteiger partial charge in [-0.05, 0) is 6.92 Å². The van der Waals surface area contributed by atoms with Gasteiger partial charge in [-0.3, -0.25) is 0 Å². The lowest BCUT2D eigenvalue weighted by molar-refractivity contribution is 0.0691. The number of benzene rings is 1. The van der Waals surface area contributed by atoms with Crippen molar-refractivity contribution in [1.29, 1.82) is 0 Å². The van der Waals surface area contributed by atoms with Gasteiger partial charge < -0.3 is 5.11 Å². The molecule has 20 heavy (non-hydrogen) atoms. The fourth-order valence-corrected chi connectivity index (χ4v) is 2.61. The van der Waals surface area contributed by atoms with Crippen molar-refractivity contribution in [3.8, 4) is 16.4 Å². The van der Waals surface area contributed by atoms with E-state index >= 15 is 0 Å². The fraction of sp³-hybridized carbons (Fsp3) is 0.0769. The normalized spacial score (nSPS) is 10.7. The van der Waals surface area contributed by atoms with Crippen LogP contribution < -0.4 is 0 Å². The molecular formula is C13H10N4O2S. The molecule has 3 aromatic rings. The molecule has 7 heteroatoms. The second kappa shape index (κ2) is 4.86. The number of rotatable bonds is 3. The Kier molecular flexibility index (Phi) is 3.03. The molecule has 0 unspecified atom stereocenters. The van der Waals surface area contributed by atoms with Crippen LogP contribution in [0.4, 0.5) is 0 Å². The Bertz CT molecular complexity index is 764. The van der Waals surface area contributed by atoms with Crippen molar-refractivity contribution in [3.63, 3.8) is 0 Å². The van der Waals surface area contributed by atoms with Crippen molar-refractivity contribution < 1.29 is 9.90 Å². The minimum Gasteiger partial charge on any atom is -0.476 e. The molecule has 0 aliphatic rings.